The average molecular weight is 390 g/mol. The molecule has 0 aliphatic rings. The van der Waals surface area contributed by atoms with Gasteiger partial charge in [0.1, 0.15) is 12.8 Å². The molecule has 20 heavy (non-hydrogen) atoms. The lowest BCUT2D eigenvalue weighted by Gasteiger charge is -2.17. The molecule has 0 bridgehead atoms. The predicted octanol–water partition coefficient (Wildman–Crippen LogP) is 1.39. The molecule has 0 fully saturated rings. The monoisotopic (exact) mass is 388 g/mol. The summed E-state index contributed by atoms with van der Waals surface area (Å²) >= 11 is 3.14. The Labute approximate surface area is 131 Å². The molecular formula is C10H14BrClN2O5S. The molecule has 7 nitrogen and oxygen atoms in total. The Balaban J connectivity index is 0.00000361. The summed E-state index contributed by atoms with van der Waals surface area (Å²) in [7, 11) is -2.30. The summed E-state index contributed by atoms with van der Waals surface area (Å²) in [5, 5.41) is 11.0. The molecule has 0 aliphatic carbocycles. The average Bonchev–Trinajstić information content (AvgIpc) is 2.34. The molecule has 0 spiro atoms. The van der Waals surface area contributed by atoms with E-state index in [4.69, 9.17) is 5.11 Å². The molecule has 0 aliphatic heterocycles. The van der Waals surface area contributed by atoms with Crippen LogP contribution in [0, 0.1) is 0 Å². The van der Waals surface area contributed by atoms with Crippen LogP contribution in [0.25, 0.3) is 0 Å². The van der Waals surface area contributed by atoms with Crippen LogP contribution in [0.2, 0.25) is 0 Å². The molecule has 0 amide bonds. The standard InChI is InChI=1S/C10H13BrN2O5S.ClH/c1-12-9(6-18-10(14)15)13-19(16,17)8-5-3-2-4-7(8)11;/h2-5,9,12-13H,6H2,1H3,(H,14,15);1H. The molecule has 1 unspecified atom stereocenters. The first kappa shape index (κ1) is 19.1. The number of carboxylic acid groups (broad SMARTS) is 1. The van der Waals surface area contributed by atoms with Gasteiger partial charge in [-0.1, -0.05) is 12.1 Å². The zero-order valence-electron chi connectivity index (χ0n) is 10.4. The summed E-state index contributed by atoms with van der Waals surface area (Å²) in [4.78, 5) is 10.3. The molecule has 1 aromatic rings. The highest BCUT2D eigenvalue weighted by molar-refractivity contribution is 9.10. The van der Waals surface area contributed by atoms with Gasteiger partial charge in [0.05, 0.1) is 4.90 Å². The van der Waals surface area contributed by atoms with Gasteiger partial charge in [-0.25, -0.2) is 13.2 Å². The zero-order chi connectivity index (χ0) is 14.5. The largest absolute Gasteiger partial charge is 0.505 e. The van der Waals surface area contributed by atoms with Crippen molar-refractivity contribution >= 4 is 44.5 Å². The van der Waals surface area contributed by atoms with Gasteiger partial charge in [-0.3, -0.25) is 0 Å². The molecule has 0 saturated heterocycles. The minimum absolute atomic E-state index is 0. The number of hydrogen-bond donors (Lipinski definition) is 3. The van der Waals surface area contributed by atoms with E-state index >= 15 is 0 Å². The summed E-state index contributed by atoms with van der Waals surface area (Å²) in [5.41, 5.74) is 0. The third kappa shape index (κ3) is 5.63. The zero-order valence-corrected chi connectivity index (χ0v) is 13.6. The van der Waals surface area contributed by atoms with Gasteiger partial charge in [-0.2, -0.15) is 4.72 Å². The summed E-state index contributed by atoms with van der Waals surface area (Å²) in [6.07, 6.45) is -2.33. The number of benzene rings is 1. The van der Waals surface area contributed by atoms with E-state index in [2.05, 4.69) is 30.7 Å². The number of likely N-dealkylation sites (N-methyl/N-ethyl adjacent to an activating group) is 1. The van der Waals surface area contributed by atoms with Gasteiger partial charge >= 0.3 is 6.16 Å². The fourth-order valence-electron chi connectivity index (χ4n) is 1.24. The summed E-state index contributed by atoms with van der Waals surface area (Å²) in [6, 6.07) is 6.29. The van der Waals surface area contributed by atoms with Crippen molar-refractivity contribution in [2.24, 2.45) is 0 Å². The topological polar surface area (TPSA) is 105 Å². The second kappa shape index (κ2) is 8.42. The lowest BCUT2D eigenvalue weighted by molar-refractivity contribution is 0.0819. The van der Waals surface area contributed by atoms with E-state index in [1.165, 1.54) is 13.1 Å². The van der Waals surface area contributed by atoms with Crippen LogP contribution in [-0.2, 0) is 14.8 Å². The molecule has 3 N–H and O–H groups in total. The van der Waals surface area contributed by atoms with Crippen molar-refractivity contribution in [1.29, 1.82) is 0 Å². The van der Waals surface area contributed by atoms with Crippen LogP contribution in [0.4, 0.5) is 4.79 Å². The number of hydrogen-bond acceptors (Lipinski definition) is 5. The Kier molecular flexibility index (Phi) is 8.06. The van der Waals surface area contributed by atoms with E-state index in [1.54, 1.807) is 18.2 Å². The van der Waals surface area contributed by atoms with Crippen LogP contribution >= 0.6 is 28.3 Å². The van der Waals surface area contributed by atoms with E-state index in [0.717, 1.165) is 0 Å². The first-order chi connectivity index (χ1) is 8.86. The van der Waals surface area contributed by atoms with Crippen LogP contribution in [0.15, 0.2) is 33.6 Å². The van der Waals surface area contributed by atoms with Crippen LogP contribution in [0.3, 0.4) is 0 Å². The number of carbonyl (C=O) groups is 1. The van der Waals surface area contributed by atoms with Crippen molar-refractivity contribution in [3.63, 3.8) is 0 Å². The Morgan fingerprint density at radius 3 is 2.55 bits per heavy atom. The van der Waals surface area contributed by atoms with Crippen molar-refractivity contribution in [1.82, 2.24) is 10.0 Å². The van der Waals surface area contributed by atoms with Gasteiger partial charge in [-0.05, 0) is 35.1 Å². The first-order valence-electron chi connectivity index (χ1n) is 5.16. The highest BCUT2D eigenvalue weighted by Gasteiger charge is 2.21. The quantitative estimate of drug-likeness (QED) is 0.502. The summed E-state index contributed by atoms with van der Waals surface area (Å²) < 4.78 is 31.2. The second-order valence-electron chi connectivity index (χ2n) is 3.47. The predicted molar refractivity (Wildman–Crippen MR) is 78.5 cm³/mol. The fourth-order valence-corrected chi connectivity index (χ4v) is 3.44. The number of rotatable bonds is 6. The van der Waals surface area contributed by atoms with Crippen molar-refractivity contribution in [3.05, 3.63) is 28.7 Å². The molecule has 10 heteroatoms. The van der Waals surface area contributed by atoms with E-state index in [0.29, 0.717) is 4.47 Å². The molecule has 0 aromatic heterocycles. The number of sulfonamides is 1. The maximum Gasteiger partial charge on any atom is 0.505 e. The van der Waals surface area contributed by atoms with Crippen molar-refractivity contribution in [2.75, 3.05) is 13.7 Å². The SMILES string of the molecule is CNC(COC(=O)O)NS(=O)(=O)c1ccccc1Br.Cl. The van der Waals surface area contributed by atoms with Gasteiger partial charge < -0.3 is 15.2 Å². The molecule has 1 rings (SSSR count). The minimum atomic E-state index is -3.78. The number of halogens is 2. The van der Waals surface area contributed by atoms with Gasteiger partial charge in [-0.15, -0.1) is 12.4 Å². The van der Waals surface area contributed by atoms with Crippen LogP contribution < -0.4 is 10.0 Å². The van der Waals surface area contributed by atoms with Gasteiger partial charge in [0.25, 0.3) is 0 Å². The lowest BCUT2D eigenvalue weighted by Crippen LogP contribution is -2.47. The third-order valence-corrected chi connectivity index (χ3v) is 4.63. The Bertz CT molecular complexity index is 554. The maximum atomic E-state index is 12.1. The van der Waals surface area contributed by atoms with Gasteiger partial charge in [0.2, 0.25) is 10.0 Å². The van der Waals surface area contributed by atoms with Gasteiger partial charge in [0, 0.05) is 4.47 Å². The molecule has 1 aromatic carbocycles. The minimum Gasteiger partial charge on any atom is -0.450 e. The molecule has 0 saturated carbocycles. The van der Waals surface area contributed by atoms with Crippen molar-refractivity contribution in [3.8, 4) is 0 Å². The second-order valence-corrected chi connectivity index (χ2v) is 6.01. The molecule has 0 radical (unpaired) electrons. The normalized spacial score (nSPS) is 12.3. The molecule has 0 heterocycles. The third-order valence-electron chi connectivity index (χ3n) is 2.15. The molecule has 1 atom stereocenters. The highest BCUT2D eigenvalue weighted by Crippen LogP contribution is 2.20. The van der Waals surface area contributed by atoms with Crippen molar-refractivity contribution < 1.29 is 23.1 Å². The number of ether oxygens (including phenoxy) is 1. The highest BCUT2D eigenvalue weighted by atomic mass is 79.9. The summed E-state index contributed by atoms with van der Waals surface area (Å²) in [6.45, 7) is -0.338. The van der Waals surface area contributed by atoms with E-state index in [1.807, 2.05) is 0 Å². The van der Waals surface area contributed by atoms with Crippen LogP contribution in [0.1, 0.15) is 0 Å². The van der Waals surface area contributed by atoms with Gasteiger partial charge in [0.15, 0.2) is 0 Å². The Hall–Kier alpha value is -0.870. The molecular weight excluding hydrogens is 376 g/mol. The summed E-state index contributed by atoms with van der Waals surface area (Å²) in [5.74, 6) is 0. The Morgan fingerprint density at radius 2 is 2.05 bits per heavy atom. The van der Waals surface area contributed by atoms with Crippen LogP contribution in [-0.4, -0.2) is 39.5 Å². The fraction of sp³-hybridized carbons (Fsp3) is 0.300. The first-order valence-corrected chi connectivity index (χ1v) is 7.44. The van der Waals surface area contributed by atoms with E-state index in [-0.39, 0.29) is 23.9 Å². The van der Waals surface area contributed by atoms with Crippen molar-refractivity contribution in [2.45, 2.75) is 11.1 Å². The maximum absolute atomic E-state index is 12.1. The smallest absolute Gasteiger partial charge is 0.450 e. The molecule has 114 valence electrons. The number of nitrogens with one attached hydrogen (secondary N) is 2. The van der Waals surface area contributed by atoms with Crippen LogP contribution in [0.5, 0.6) is 0 Å². The van der Waals surface area contributed by atoms with E-state index in [9.17, 15) is 13.2 Å². The Morgan fingerprint density at radius 1 is 1.45 bits per heavy atom. The lowest BCUT2D eigenvalue weighted by atomic mass is 10.4. The van der Waals surface area contributed by atoms with E-state index < -0.39 is 22.3 Å².